The summed E-state index contributed by atoms with van der Waals surface area (Å²) in [5.74, 6) is 0.0149. The first-order valence-electron chi connectivity index (χ1n) is 10.8. The number of sulfonamides is 1. The van der Waals surface area contributed by atoms with Crippen molar-refractivity contribution in [3.8, 4) is 0 Å². The average Bonchev–Trinajstić information content (AvgIpc) is 3.13. The summed E-state index contributed by atoms with van der Waals surface area (Å²) in [7, 11) is -3.66. The van der Waals surface area contributed by atoms with Crippen molar-refractivity contribution >= 4 is 27.3 Å². The van der Waals surface area contributed by atoms with E-state index in [-0.39, 0.29) is 18.9 Å². The molecule has 2 aliphatic rings. The van der Waals surface area contributed by atoms with Crippen LogP contribution in [-0.2, 0) is 27.8 Å². The number of benzene rings is 1. The van der Waals surface area contributed by atoms with E-state index in [2.05, 4.69) is 21.1 Å². The monoisotopic (exact) mass is 461 g/mol. The van der Waals surface area contributed by atoms with Crippen LogP contribution in [0.3, 0.4) is 0 Å². The smallest absolute Gasteiger partial charge is 0.241 e. The van der Waals surface area contributed by atoms with Crippen LogP contribution in [0.2, 0.25) is 0 Å². The van der Waals surface area contributed by atoms with Crippen molar-refractivity contribution in [3.05, 3.63) is 50.2 Å². The van der Waals surface area contributed by atoms with E-state index in [1.807, 2.05) is 50.0 Å². The zero-order chi connectivity index (χ0) is 22.3. The fraction of sp³-hybridized carbons (Fsp3) is 0.522. The Labute approximate surface area is 189 Å². The molecule has 0 aliphatic carbocycles. The summed E-state index contributed by atoms with van der Waals surface area (Å²) >= 11 is 1.84. The molecule has 31 heavy (non-hydrogen) atoms. The molecule has 1 aromatic heterocycles. The molecule has 1 aromatic carbocycles. The standard InChI is InChI=1S/C23H31N3O3S2/c1-15-11-16(2)18(4)23(17(15)3)31(28,29)24-8-5-22(27)26-13-20(14-26)25-9-6-21-19(12-25)7-10-30-21/h7,10-11,20,24H,5-6,8-9,12-14H2,1-4H3. The van der Waals surface area contributed by atoms with E-state index >= 15 is 0 Å². The van der Waals surface area contributed by atoms with Crippen molar-refractivity contribution in [2.45, 2.75) is 58.0 Å². The van der Waals surface area contributed by atoms with Crippen molar-refractivity contribution in [3.63, 3.8) is 0 Å². The predicted octanol–water partition coefficient (Wildman–Crippen LogP) is 2.92. The molecular weight excluding hydrogens is 430 g/mol. The van der Waals surface area contributed by atoms with Gasteiger partial charge in [0.2, 0.25) is 15.9 Å². The molecule has 0 bridgehead atoms. The summed E-state index contributed by atoms with van der Waals surface area (Å²) in [5.41, 5.74) is 4.87. The van der Waals surface area contributed by atoms with Gasteiger partial charge in [0, 0.05) is 50.1 Å². The first-order chi connectivity index (χ1) is 14.7. The van der Waals surface area contributed by atoms with Crippen molar-refractivity contribution < 1.29 is 13.2 Å². The number of hydrogen-bond acceptors (Lipinski definition) is 5. The minimum atomic E-state index is -3.66. The lowest BCUT2D eigenvalue weighted by Gasteiger charge is -2.46. The van der Waals surface area contributed by atoms with Gasteiger partial charge in [0.1, 0.15) is 0 Å². The summed E-state index contributed by atoms with van der Waals surface area (Å²) in [6, 6.07) is 4.63. The maximum atomic E-state index is 12.9. The van der Waals surface area contributed by atoms with Crippen LogP contribution in [0.5, 0.6) is 0 Å². The largest absolute Gasteiger partial charge is 0.339 e. The summed E-state index contributed by atoms with van der Waals surface area (Å²) < 4.78 is 28.5. The Morgan fingerprint density at radius 1 is 1.16 bits per heavy atom. The van der Waals surface area contributed by atoms with Gasteiger partial charge in [-0.2, -0.15) is 0 Å². The van der Waals surface area contributed by atoms with E-state index in [1.54, 1.807) is 0 Å². The van der Waals surface area contributed by atoms with E-state index in [0.29, 0.717) is 10.9 Å². The molecule has 168 valence electrons. The van der Waals surface area contributed by atoms with Gasteiger partial charge in [0.15, 0.2) is 0 Å². The molecule has 0 unspecified atom stereocenters. The number of thiophene rings is 1. The number of likely N-dealkylation sites (tertiary alicyclic amines) is 1. The number of nitrogens with zero attached hydrogens (tertiary/aromatic N) is 2. The highest BCUT2D eigenvalue weighted by Gasteiger charge is 2.36. The molecule has 8 heteroatoms. The number of nitrogens with one attached hydrogen (secondary N) is 1. The van der Waals surface area contributed by atoms with Gasteiger partial charge in [-0.15, -0.1) is 11.3 Å². The Hall–Kier alpha value is -1.74. The Morgan fingerprint density at radius 2 is 1.84 bits per heavy atom. The van der Waals surface area contributed by atoms with Gasteiger partial charge >= 0.3 is 0 Å². The zero-order valence-electron chi connectivity index (χ0n) is 18.7. The van der Waals surface area contributed by atoms with Crippen molar-refractivity contribution in [2.75, 3.05) is 26.2 Å². The molecule has 0 saturated carbocycles. The highest BCUT2D eigenvalue weighted by molar-refractivity contribution is 7.89. The third-order valence-electron chi connectivity index (χ3n) is 6.77. The third-order valence-corrected chi connectivity index (χ3v) is 9.52. The first kappa shape index (κ1) is 22.5. The number of carbonyl (C=O) groups is 1. The molecule has 1 N–H and O–H groups in total. The quantitative estimate of drug-likeness (QED) is 0.718. The Bertz CT molecular complexity index is 1080. The highest BCUT2D eigenvalue weighted by Crippen LogP contribution is 2.28. The van der Waals surface area contributed by atoms with Crippen molar-refractivity contribution in [1.29, 1.82) is 0 Å². The minimum Gasteiger partial charge on any atom is -0.339 e. The zero-order valence-corrected chi connectivity index (χ0v) is 20.3. The van der Waals surface area contributed by atoms with Crippen LogP contribution in [-0.4, -0.2) is 56.3 Å². The van der Waals surface area contributed by atoms with Crippen molar-refractivity contribution in [2.24, 2.45) is 0 Å². The Balaban J connectivity index is 1.28. The molecule has 0 atom stereocenters. The second-order valence-corrected chi connectivity index (χ2v) is 11.5. The Morgan fingerprint density at radius 3 is 2.52 bits per heavy atom. The van der Waals surface area contributed by atoms with E-state index in [9.17, 15) is 13.2 Å². The van der Waals surface area contributed by atoms with Gasteiger partial charge in [-0.1, -0.05) is 6.07 Å². The average molecular weight is 462 g/mol. The summed E-state index contributed by atoms with van der Waals surface area (Å²) in [6.45, 7) is 11.1. The summed E-state index contributed by atoms with van der Waals surface area (Å²) in [4.78, 5) is 18.7. The van der Waals surface area contributed by atoms with Gasteiger partial charge < -0.3 is 4.90 Å². The fourth-order valence-corrected chi connectivity index (χ4v) is 7.11. The lowest BCUT2D eigenvalue weighted by molar-refractivity contribution is -0.138. The highest BCUT2D eigenvalue weighted by atomic mass is 32.2. The normalized spacial score (nSPS) is 17.5. The van der Waals surface area contributed by atoms with Gasteiger partial charge in [-0.3, -0.25) is 9.69 Å². The number of hydrogen-bond donors (Lipinski definition) is 1. The SMILES string of the molecule is Cc1cc(C)c(C)c(S(=O)(=O)NCCC(=O)N2CC(N3CCc4sccc4C3)C2)c1C. The number of fused-ring (bicyclic) bond motifs is 1. The molecule has 0 radical (unpaired) electrons. The van der Waals surface area contributed by atoms with Gasteiger partial charge in [0.25, 0.3) is 0 Å². The third kappa shape index (κ3) is 4.44. The van der Waals surface area contributed by atoms with Crippen LogP contribution in [0.1, 0.15) is 39.1 Å². The topological polar surface area (TPSA) is 69.7 Å². The van der Waals surface area contributed by atoms with E-state index in [4.69, 9.17) is 0 Å². The van der Waals surface area contributed by atoms with Gasteiger partial charge in [0.05, 0.1) is 4.90 Å². The molecule has 0 spiro atoms. The lowest BCUT2D eigenvalue weighted by Crippen LogP contribution is -2.61. The Kier molecular flexibility index (Phi) is 6.27. The van der Waals surface area contributed by atoms with Crippen LogP contribution in [0.25, 0.3) is 0 Å². The molecule has 4 rings (SSSR count). The van der Waals surface area contributed by atoms with Crippen LogP contribution < -0.4 is 4.72 Å². The molecule has 1 saturated heterocycles. The number of rotatable bonds is 6. The lowest BCUT2D eigenvalue weighted by atomic mass is 10.0. The number of aryl methyl sites for hydroxylation is 2. The predicted molar refractivity (Wildman–Crippen MR) is 124 cm³/mol. The molecule has 3 heterocycles. The van der Waals surface area contributed by atoms with Gasteiger partial charge in [-0.05, 0) is 73.4 Å². The maximum Gasteiger partial charge on any atom is 0.241 e. The van der Waals surface area contributed by atoms with Crippen LogP contribution in [0, 0.1) is 27.7 Å². The van der Waals surface area contributed by atoms with Crippen LogP contribution >= 0.6 is 11.3 Å². The van der Waals surface area contributed by atoms with Crippen molar-refractivity contribution in [1.82, 2.24) is 14.5 Å². The van der Waals surface area contributed by atoms with Crippen LogP contribution in [0.15, 0.2) is 22.4 Å². The van der Waals surface area contributed by atoms with E-state index in [0.717, 1.165) is 54.9 Å². The van der Waals surface area contributed by atoms with E-state index < -0.39 is 10.0 Å². The molecule has 1 fully saturated rings. The fourth-order valence-electron chi connectivity index (χ4n) is 4.58. The van der Waals surface area contributed by atoms with E-state index in [1.165, 1.54) is 10.4 Å². The number of carbonyl (C=O) groups excluding carboxylic acids is 1. The molecular formula is C23H31N3O3S2. The molecule has 6 nitrogen and oxygen atoms in total. The molecule has 1 amide bonds. The molecule has 2 aromatic rings. The summed E-state index contributed by atoms with van der Waals surface area (Å²) in [5, 5.41) is 2.16. The molecule has 2 aliphatic heterocycles. The second kappa shape index (κ2) is 8.65. The maximum absolute atomic E-state index is 12.9. The summed E-state index contributed by atoms with van der Waals surface area (Å²) in [6.07, 6.45) is 1.28. The van der Waals surface area contributed by atoms with Gasteiger partial charge in [-0.25, -0.2) is 13.1 Å². The first-order valence-corrected chi connectivity index (χ1v) is 13.2. The number of amides is 1. The second-order valence-electron chi connectivity index (χ2n) is 8.78. The van der Waals surface area contributed by atoms with Crippen LogP contribution in [0.4, 0.5) is 0 Å². The minimum absolute atomic E-state index is 0.0149.